The number of nitrogens with two attached hydrogens (primary N) is 1. The molecule has 20 heavy (non-hydrogen) atoms. The molecule has 0 aliphatic heterocycles. The average molecular weight is 305 g/mol. The second-order valence-corrected chi connectivity index (χ2v) is 4.80. The van der Waals surface area contributed by atoms with Gasteiger partial charge in [-0.25, -0.2) is 0 Å². The molecule has 0 saturated carbocycles. The largest absolute Gasteiger partial charge is 0.342 e. The summed E-state index contributed by atoms with van der Waals surface area (Å²) >= 11 is 0. The third-order valence-corrected chi connectivity index (χ3v) is 3.16. The van der Waals surface area contributed by atoms with Gasteiger partial charge in [0.2, 0.25) is 11.8 Å². The molecule has 0 aromatic carbocycles. The molecule has 6 nitrogen and oxygen atoms in total. The van der Waals surface area contributed by atoms with Crippen molar-refractivity contribution in [2.75, 3.05) is 13.6 Å². The second kappa shape index (κ2) is 9.72. The van der Waals surface area contributed by atoms with E-state index in [1.807, 2.05) is 6.92 Å². The van der Waals surface area contributed by atoms with E-state index in [9.17, 15) is 4.79 Å². The van der Waals surface area contributed by atoms with Gasteiger partial charge in [-0.2, -0.15) is 4.98 Å². The predicted molar refractivity (Wildman–Crippen MR) is 79.8 cm³/mol. The van der Waals surface area contributed by atoms with Gasteiger partial charge in [0, 0.05) is 38.9 Å². The molecule has 0 bridgehead atoms. The van der Waals surface area contributed by atoms with Gasteiger partial charge in [-0.15, -0.1) is 12.4 Å². The van der Waals surface area contributed by atoms with Gasteiger partial charge in [-0.3, -0.25) is 4.79 Å². The summed E-state index contributed by atoms with van der Waals surface area (Å²) in [6.07, 6.45) is 3.67. The quantitative estimate of drug-likeness (QED) is 0.788. The number of amides is 1. The van der Waals surface area contributed by atoms with Crippen LogP contribution in [0.25, 0.3) is 0 Å². The molecule has 1 heterocycles. The highest BCUT2D eigenvalue weighted by Gasteiger charge is 2.14. The minimum absolute atomic E-state index is 0. The maximum absolute atomic E-state index is 11.8. The Labute approximate surface area is 126 Å². The Morgan fingerprint density at radius 2 is 2.15 bits per heavy atom. The van der Waals surface area contributed by atoms with Crippen molar-refractivity contribution < 1.29 is 9.32 Å². The van der Waals surface area contributed by atoms with Crippen LogP contribution in [-0.2, 0) is 17.6 Å². The summed E-state index contributed by atoms with van der Waals surface area (Å²) < 4.78 is 5.12. The van der Waals surface area contributed by atoms with E-state index in [0.717, 1.165) is 18.7 Å². The van der Waals surface area contributed by atoms with E-state index >= 15 is 0 Å². The highest BCUT2D eigenvalue weighted by atomic mass is 35.5. The van der Waals surface area contributed by atoms with Gasteiger partial charge in [0.15, 0.2) is 5.82 Å². The number of rotatable bonds is 8. The lowest BCUT2D eigenvalue weighted by Gasteiger charge is -2.23. The second-order valence-electron chi connectivity index (χ2n) is 4.80. The maximum Gasteiger partial charge on any atom is 0.226 e. The Kier molecular flexibility index (Phi) is 9.16. The molecule has 0 spiro atoms. The lowest BCUT2D eigenvalue weighted by atomic mass is 10.2. The van der Waals surface area contributed by atoms with Gasteiger partial charge in [-0.05, 0) is 19.8 Å². The molecule has 1 aromatic heterocycles. The number of hydrogen-bond donors (Lipinski definition) is 1. The normalized spacial score (nSPS) is 11.8. The summed E-state index contributed by atoms with van der Waals surface area (Å²) in [4.78, 5) is 17.8. The van der Waals surface area contributed by atoms with E-state index in [-0.39, 0.29) is 24.4 Å². The first kappa shape index (κ1) is 18.9. The zero-order chi connectivity index (χ0) is 14.3. The molecule has 116 valence electrons. The van der Waals surface area contributed by atoms with Crippen molar-refractivity contribution in [2.45, 2.75) is 52.0 Å². The zero-order valence-electron chi connectivity index (χ0n) is 12.5. The summed E-state index contributed by atoms with van der Waals surface area (Å²) in [5.74, 6) is 1.47. The summed E-state index contributed by atoms with van der Waals surface area (Å²) in [6, 6.07) is 0.0760. The first-order chi connectivity index (χ1) is 9.08. The summed E-state index contributed by atoms with van der Waals surface area (Å²) in [6.45, 7) is 4.49. The van der Waals surface area contributed by atoms with Crippen LogP contribution in [0.3, 0.4) is 0 Å². The van der Waals surface area contributed by atoms with Gasteiger partial charge in [-0.1, -0.05) is 12.1 Å². The predicted octanol–water partition coefficient (Wildman–Crippen LogP) is 1.57. The third kappa shape index (κ3) is 5.88. The van der Waals surface area contributed by atoms with E-state index in [1.165, 1.54) is 0 Å². The molecule has 0 aliphatic rings. The Morgan fingerprint density at radius 1 is 1.45 bits per heavy atom. The number of nitrogens with zero attached hydrogens (tertiary/aromatic N) is 3. The van der Waals surface area contributed by atoms with Crippen LogP contribution >= 0.6 is 12.4 Å². The van der Waals surface area contributed by atoms with Crippen LogP contribution in [-0.4, -0.2) is 40.6 Å². The monoisotopic (exact) mass is 304 g/mol. The highest BCUT2D eigenvalue weighted by molar-refractivity contribution is 5.85. The van der Waals surface area contributed by atoms with Crippen LogP contribution in [0.1, 0.15) is 44.8 Å². The minimum Gasteiger partial charge on any atom is -0.342 e. The molecule has 0 aliphatic carbocycles. The Hall–Kier alpha value is -1.14. The standard InChI is InChI=1S/C13H24N4O2.ClH/c1-4-6-11-15-12(19-16-11)7-5-8-13(18)17(3)10(2)9-14;/h10H,4-9,14H2,1-3H3;1H. The van der Waals surface area contributed by atoms with Gasteiger partial charge < -0.3 is 15.2 Å². The lowest BCUT2D eigenvalue weighted by molar-refractivity contribution is -0.131. The first-order valence-corrected chi connectivity index (χ1v) is 6.85. The number of halogens is 1. The number of carbonyl (C=O) groups excluding carboxylic acids is 1. The molecule has 0 saturated heterocycles. The number of aryl methyl sites for hydroxylation is 2. The van der Waals surface area contributed by atoms with Gasteiger partial charge in [0.25, 0.3) is 0 Å². The fraction of sp³-hybridized carbons (Fsp3) is 0.769. The average Bonchev–Trinajstić information content (AvgIpc) is 2.85. The first-order valence-electron chi connectivity index (χ1n) is 6.85. The zero-order valence-corrected chi connectivity index (χ0v) is 13.3. The fourth-order valence-electron chi connectivity index (χ4n) is 1.69. The van der Waals surface area contributed by atoms with Crippen molar-refractivity contribution in [3.05, 3.63) is 11.7 Å². The molecular formula is C13H25ClN4O2. The van der Waals surface area contributed by atoms with E-state index in [4.69, 9.17) is 10.3 Å². The molecule has 1 aromatic rings. The topological polar surface area (TPSA) is 85.2 Å². The van der Waals surface area contributed by atoms with Crippen molar-refractivity contribution in [3.63, 3.8) is 0 Å². The molecule has 0 radical (unpaired) electrons. The van der Waals surface area contributed by atoms with Crippen molar-refractivity contribution >= 4 is 18.3 Å². The Balaban J connectivity index is 0.00000361. The molecule has 1 atom stereocenters. The van der Waals surface area contributed by atoms with E-state index in [1.54, 1.807) is 11.9 Å². The minimum atomic E-state index is 0. The van der Waals surface area contributed by atoms with E-state index < -0.39 is 0 Å². The van der Waals surface area contributed by atoms with E-state index in [0.29, 0.717) is 31.7 Å². The summed E-state index contributed by atoms with van der Waals surface area (Å²) in [7, 11) is 1.78. The molecule has 1 amide bonds. The molecule has 1 unspecified atom stereocenters. The van der Waals surface area contributed by atoms with Crippen LogP contribution in [0.5, 0.6) is 0 Å². The van der Waals surface area contributed by atoms with Crippen LogP contribution in [0.4, 0.5) is 0 Å². The van der Waals surface area contributed by atoms with E-state index in [2.05, 4.69) is 17.1 Å². The number of hydrogen-bond acceptors (Lipinski definition) is 5. The van der Waals surface area contributed by atoms with Crippen LogP contribution in [0.15, 0.2) is 4.52 Å². The number of aromatic nitrogens is 2. The van der Waals surface area contributed by atoms with Gasteiger partial charge >= 0.3 is 0 Å². The molecular weight excluding hydrogens is 280 g/mol. The number of likely N-dealkylation sites (N-methyl/N-ethyl adjacent to an activating group) is 1. The van der Waals surface area contributed by atoms with Crippen LogP contribution in [0, 0.1) is 0 Å². The Bertz CT molecular complexity index is 397. The van der Waals surface area contributed by atoms with Crippen LogP contribution < -0.4 is 5.73 Å². The molecule has 0 fully saturated rings. The summed E-state index contributed by atoms with van der Waals surface area (Å²) in [5.41, 5.74) is 5.53. The molecule has 7 heteroatoms. The smallest absolute Gasteiger partial charge is 0.226 e. The number of carbonyl (C=O) groups is 1. The van der Waals surface area contributed by atoms with Crippen molar-refractivity contribution in [3.8, 4) is 0 Å². The van der Waals surface area contributed by atoms with Crippen molar-refractivity contribution in [1.29, 1.82) is 0 Å². The van der Waals surface area contributed by atoms with Crippen molar-refractivity contribution in [1.82, 2.24) is 15.0 Å². The molecule has 1 rings (SSSR count). The third-order valence-electron chi connectivity index (χ3n) is 3.16. The lowest BCUT2D eigenvalue weighted by Crippen LogP contribution is -2.39. The van der Waals surface area contributed by atoms with Crippen LogP contribution in [0.2, 0.25) is 0 Å². The SMILES string of the molecule is CCCc1noc(CCCC(=O)N(C)C(C)CN)n1.Cl. The van der Waals surface area contributed by atoms with Gasteiger partial charge in [0.1, 0.15) is 0 Å². The Morgan fingerprint density at radius 3 is 2.75 bits per heavy atom. The maximum atomic E-state index is 11.8. The van der Waals surface area contributed by atoms with Gasteiger partial charge in [0.05, 0.1) is 0 Å². The summed E-state index contributed by atoms with van der Waals surface area (Å²) in [5, 5.41) is 3.88. The highest BCUT2D eigenvalue weighted by Crippen LogP contribution is 2.07. The van der Waals surface area contributed by atoms with Crippen molar-refractivity contribution in [2.24, 2.45) is 5.73 Å². The fourth-order valence-corrected chi connectivity index (χ4v) is 1.69. The molecule has 2 N–H and O–H groups in total.